The van der Waals surface area contributed by atoms with E-state index in [9.17, 15) is 20.1 Å². The molecule has 0 aliphatic carbocycles. The van der Waals surface area contributed by atoms with Crippen LogP contribution in [0.5, 0.6) is 0 Å². The SMILES string of the molecule is C[C@@H]1NCC=C1c1csc(SC2=C(C(O)O)N3C(=O)[C@H]([C@@H](C)O)[C@H]3[C@H]2C)n1. The van der Waals surface area contributed by atoms with Gasteiger partial charge in [-0.3, -0.25) is 4.79 Å². The molecule has 0 saturated carbocycles. The lowest BCUT2D eigenvalue weighted by Gasteiger charge is -2.47. The summed E-state index contributed by atoms with van der Waals surface area (Å²) in [5, 5.41) is 35.1. The third-order valence-electron chi connectivity index (χ3n) is 5.58. The average molecular weight is 410 g/mol. The first kappa shape index (κ1) is 19.1. The largest absolute Gasteiger partial charge is 0.393 e. The normalized spacial score (nSPS) is 31.4. The fourth-order valence-corrected chi connectivity index (χ4v) is 6.36. The number of fused-ring (bicyclic) bond motifs is 1. The summed E-state index contributed by atoms with van der Waals surface area (Å²) in [4.78, 5) is 19.3. The molecule has 0 bridgehead atoms. The molecule has 4 rings (SSSR count). The van der Waals surface area contributed by atoms with Crippen molar-refractivity contribution in [3.8, 4) is 0 Å². The van der Waals surface area contributed by atoms with Gasteiger partial charge in [0.2, 0.25) is 5.91 Å². The van der Waals surface area contributed by atoms with Crippen LogP contribution in [0, 0.1) is 11.8 Å². The maximum Gasteiger partial charge on any atom is 0.235 e. The van der Waals surface area contributed by atoms with E-state index in [1.165, 1.54) is 33.6 Å². The minimum Gasteiger partial charge on any atom is -0.393 e. The Morgan fingerprint density at radius 2 is 2.11 bits per heavy atom. The quantitative estimate of drug-likeness (QED) is 0.424. The van der Waals surface area contributed by atoms with Gasteiger partial charge >= 0.3 is 0 Å². The van der Waals surface area contributed by atoms with Crippen LogP contribution in [0.1, 0.15) is 26.5 Å². The number of thiazole rings is 1. The number of nitrogens with one attached hydrogen (secondary N) is 1. The average Bonchev–Trinajstić information content (AvgIpc) is 3.27. The second-order valence-electron chi connectivity index (χ2n) is 7.27. The van der Waals surface area contributed by atoms with Crippen LogP contribution in [0.4, 0.5) is 0 Å². The minimum absolute atomic E-state index is 0.0947. The van der Waals surface area contributed by atoms with Gasteiger partial charge in [-0.25, -0.2) is 4.98 Å². The van der Waals surface area contributed by atoms with E-state index in [0.717, 1.165) is 21.5 Å². The first-order valence-electron chi connectivity index (χ1n) is 8.99. The van der Waals surface area contributed by atoms with E-state index >= 15 is 0 Å². The number of β-lactam (4-membered cyclic amide) rings is 1. The van der Waals surface area contributed by atoms with E-state index in [4.69, 9.17) is 4.98 Å². The van der Waals surface area contributed by atoms with Crippen LogP contribution in [-0.2, 0) is 4.79 Å². The molecule has 146 valence electrons. The fraction of sp³-hybridized carbons (Fsp3) is 0.556. The van der Waals surface area contributed by atoms with Crippen molar-refractivity contribution < 1.29 is 20.1 Å². The third kappa shape index (κ3) is 2.97. The molecule has 4 heterocycles. The van der Waals surface area contributed by atoms with Gasteiger partial charge in [0, 0.05) is 28.8 Å². The fourth-order valence-electron chi connectivity index (χ4n) is 4.23. The summed E-state index contributed by atoms with van der Waals surface area (Å²) >= 11 is 2.89. The number of aromatic nitrogens is 1. The Hall–Kier alpha value is -1.23. The molecular weight excluding hydrogens is 386 g/mol. The van der Waals surface area contributed by atoms with Crippen LogP contribution < -0.4 is 5.32 Å². The summed E-state index contributed by atoms with van der Waals surface area (Å²) in [6.07, 6.45) is -0.371. The van der Waals surface area contributed by atoms with Crippen molar-refractivity contribution in [2.45, 2.75) is 49.6 Å². The highest BCUT2D eigenvalue weighted by atomic mass is 32.2. The van der Waals surface area contributed by atoms with Crippen LogP contribution in [0.15, 0.2) is 26.4 Å². The number of rotatable bonds is 5. The molecule has 9 heteroatoms. The third-order valence-corrected chi connectivity index (χ3v) is 7.82. The summed E-state index contributed by atoms with van der Waals surface area (Å²) in [7, 11) is 0. The van der Waals surface area contributed by atoms with Gasteiger partial charge in [-0.1, -0.05) is 24.8 Å². The molecule has 27 heavy (non-hydrogen) atoms. The molecule has 0 radical (unpaired) electrons. The molecule has 5 atom stereocenters. The van der Waals surface area contributed by atoms with Crippen molar-refractivity contribution in [3.05, 3.63) is 27.8 Å². The van der Waals surface area contributed by atoms with Gasteiger partial charge in [-0.05, 0) is 19.4 Å². The van der Waals surface area contributed by atoms with Gasteiger partial charge < -0.3 is 25.5 Å². The number of hydrogen-bond donors (Lipinski definition) is 4. The molecule has 4 N–H and O–H groups in total. The first-order chi connectivity index (χ1) is 12.8. The number of aliphatic hydroxyl groups excluding tert-OH is 2. The lowest BCUT2D eigenvalue weighted by atomic mass is 9.79. The topological polar surface area (TPSA) is 106 Å². The van der Waals surface area contributed by atoms with Gasteiger partial charge in [0.15, 0.2) is 10.6 Å². The minimum atomic E-state index is -1.74. The van der Waals surface area contributed by atoms with Crippen molar-refractivity contribution >= 4 is 34.6 Å². The van der Waals surface area contributed by atoms with E-state index < -0.39 is 18.3 Å². The van der Waals surface area contributed by atoms with Crippen LogP contribution in [0.3, 0.4) is 0 Å². The maximum atomic E-state index is 12.4. The molecule has 1 saturated heterocycles. The van der Waals surface area contributed by atoms with Crippen molar-refractivity contribution in [2.75, 3.05) is 6.54 Å². The molecule has 1 amide bonds. The molecule has 0 unspecified atom stereocenters. The summed E-state index contributed by atoms with van der Waals surface area (Å²) in [5.74, 6) is -0.853. The maximum absolute atomic E-state index is 12.4. The number of nitrogens with zero attached hydrogens (tertiary/aromatic N) is 2. The number of thioether (sulfide) groups is 1. The Bertz CT molecular complexity index is 832. The van der Waals surface area contributed by atoms with E-state index in [-0.39, 0.29) is 29.6 Å². The summed E-state index contributed by atoms with van der Waals surface area (Å²) in [5.41, 5.74) is 2.33. The van der Waals surface area contributed by atoms with Crippen molar-refractivity contribution in [2.24, 2.45) is 11.8 Å². The Morgan fingerprint density at radius 1 is 1.37 bits per heavy atom. The molecule has 3 aliphatic heterocycles. The van der Waals surface area contributed by atoms with Crippen LogP contribution in [0.25, 0.3) is 5.57 Å². The second kappa shape index (κ2) is 6.98. The Labute approximate surface area is 165 Å². The Morgan fingerprint density at radius 3 is 2.70 bits per heavy atom. The van der Waals surface area contributed by atoms with Crippen LogP contribution in [-0.4, -0.2) is 62.1 Å². The number of hydrogen-bond acceptors (Lipinski definition) is 8. The van der Waals surface area contributed by atoms with Gasteiger partial charge in [0.25, 0.3) is 0 Å². The molecule has 0 aromatic carbocycles. The molecule has 1 aromatic rings. The molecule has 1 aromatic heterocycles. The first-order valence-corrected chi connectivity index (χ1v) is 10.7. The zero-order valence-electron chi connectivity index (χ0n) is 15.3. The lowest BCUT2D eigenvalue weighted by Crippen LogP contribution is -2.63. The summed E-state index contributed by atoms with van der Waals surface area (Å²) < 4.78 is 0.800. The van der Waals surface area contributed by atoms with Crippen LogP contribution >= 0.6 is 23.1 Å². The van der Waals surface area contributed by atoms with Crippen LogP contribution in [0.2, 0.25) is 0 Å². The van der Waals surface area contributed by atoms with E-state index in [2.05, 4.69) is 18.3 Å². The molecule has 1 fully saturated rings. The van der Waals surface area contributed by atoms with E-state index in [1.807, 2.05) is 12.3 Å². The Balaban J connectivity index is 1.61. The standard InChI is InChI=1S/C18H23N3O4S2/c1-7-13-12(9(3)22)16(23)21(13)14(17(24)25)15(7)27-18-20-11(6-26-18)10-4-5-19-8(10)2/h4,6-9,12-13,17,19,22,24-25H,5H2,1-3H3/t7-,8+,9-,12-,13-/m1/s1. The smallest absolute Gasteiger partial charge is 0.235 e. The molecule has 0 spiro atoms. The van der Waals surface area contributed by atoms with Crippen molar-refractivity contribution in [1.29, 1.82) is 0 Å². The highest BCUT2D eigenvalue weighted by Gasteiger charge is 2.59. The number of aliphatic hydroxyl groups is 3. The van der Waals surface area contributed by atoms with Crippen molar-refractivity contribution in [3.63, 3.8) is 0 Å². The van der Waals surface area contributed by atoms with Gasteiger partial charge in [0.05, 0.1) is 29.5 Å². The second-order valence-corrected chi connectivity index (χ2v) is 9.41. The lowest BCUT2D eigenvalue weighted by molar-refractivity contribution is -0.164. The Kier molecular flexibility index (Phi) is 4.94. The predicted octanol–water partition coefficient (Wildman–Crippen LogP) is 0.990. The molecule has 3 aliphatic rings. The summed E-state index contributed by atoms with van der Waals surface area (Å²) in [6, 6.07) is 0.0220. The van der Waals surface area contributed by atoms with E-state index in [1.54, 1.807) is 6.92 Å². The predicted molar refractivity (Wildman–Crippen MR) is 104 cm³/mol. The molecular formula is C18H23N3O4S2. The van der Waals surface area contributed by atoms with Gasteiger partial charge in [-0.2, -0.15) is 0 Å². The highest BCUT2D eigenvalue weighted by Crippen LogP contribution is 2.52. The summed E-state index contributed by atoms with van der Waals surface area (Å²) in [6.45, 7) is 6.49. The molecule has 7 nitrogen and oxygen atoms in total. The van der Waals surface area contributed by atoms with Gasteiger partial charge in [-0.15, -0.1) is 11.3 Å². The number of carbonyl (C=O) groups is 1. The zero-order chi connectivity index (χ0) is 19.5. The van der Waals surface area contributed by atoms with Crippen molar-refractivity contribution in [1.82, 2.24) is 15.2 Å². The monoisotopic (exact) mass is 409 g/mol. The zero-order valence-corrected chi connectivity index (χ0v) is 16.9. The number of carbonyl (C=O) groups excluding carboxylic acids is 1. The van der Waals surface area contributed by atoms with E-state index in [0.29, 0.717) is 0 Å². The highest BCUT2D eigenvalue weighted by molar-refractivity contribution is 8.04. The number of amides is 1. The van der Waals surface area contributed by atoms with Gasteiger partial charge in [0.1, 0.15) is 0 Å².